The fraction of sp³-hybridized carbons (Fsp3) is 0.250. The molecule has 0 saturated carbocycles. The maximum Gasteiger partial charge on any atom is 0.0945 e. The normalized spacial score (nSPS) is 12.2. The predicted molar refractivity (Wildman–Crippen MR) is 110 cm³/mol. The van der Waals surface area contributed by atoms with Crippen LogP contribution in [0.4, 0.5) is 0 Å². The number of hydrogen-bond donors (Lipinski definition) is 0. The number of benzene rings is 2. The number of aromatic nitrogens is 2. The Bertz CT molecular complexity index is 775. The molecular formula is C20H20BrClN2S. The summed E-state index contributed by atoms with van der Waals surface area (Å²) >= 11 is 11.6. The molecule has 1 aromatic heterocycles. The first-order valence-electron chi connectivity index (χ1n) is 8.32. The molecule has 5 heteroatoms. The van der Waals surface area contributed by atoms with Gasteiger partial charge in [0.15, 0.2) is 0 Å². The summed E-state index contributed by atoms with van der Waals surface area (Å²) in [5.74, 6) is 0. The lowest BCUT2D eigenvalue weighted by Crippen LogP contribution is -2.09. The third kappa shape index (κ3) is 5.91. The van der Waals surface area contributed by atoms with Crippen molar-refractivity contribution in [2.45, 2.75) is 36.0 Å². The minimum absolute atomic E-state index is 0.539. The summed E-state index contributed by atoms with van der Waals surface area (Å²) in [6.45, 7) is 0.989. The van der Waals surface area contributed by atoms with Crippen molar-refractivity contribution in [3.05, 3.63) is 82.3 Å². The van der Waals surface area contributed by atoms with Crippen LogP contribution in [0.25, 0.3) is 0 Å². The fourth-order valence-corrected chi connectivity index (χ4v) is 4.52. The van der Waals surface area contributed by atoms with E-state index in [0.29, 0.717) is 5.25 Å². The number of halogens is 2. The first kappa shape index (κ1) is 18.6. The summed E-state index contributed by atoms with van der Waals surface area (Å²) < 4.78 is 3.31. The van der Waals surface area contributed by atoms with Crippen molar-refractivity contribution in [1.82, 2.24) is 9.55 Å². The topological polar surface area (TPSA) is 17.8 Å². The van der Waals surface area contributed by atoms with Gasteiger partial charge in [0.05, 0.1) is 6.33 Å². The van der Waals surface area contributed by atoms with E-state index in [1.165, 1.54) is 14.9 Å². The van der Waals surface area contributed by atoms with E-state index in [2.05, 4.69) is 61.9 Å². The van der Waals surface area contributed by atoms with Crippen molar-refractivity contribution in [1.29, 1.82) is 0 Å². The van der Waals surface area contributed by atoms with E-state index >= 15 is 0 Å². The van der Waals surface area contributed by atoms with Crippen LogP contribution in [0.5, 0.6) is 0 Å². The Morgan fingerprint density at radius 1 is 1.08 bits per heavy atom. The molecule has 0 spiro atoms. The number of nitrogens with zero attached hydrogens (tertiary/aromatic N) is 2. The first-order valence-corrected chi connectivity index (χ1v) is 10.4. The standard InChI is InChI=1S/C20H20BrClN2S/c21-19-3-1-2-4-20(19)25-18(11-13-24-14-12-23-15-24)10-7-16-5-8-17(22)9-6-16/h1-6,8-9,12,14-15,18H,7,10-11,13H2. The molecule has 0 radical (unpaired) electrons. The molecule has 0 aliphatic heterocycles. The van der Waals surface area contributed by atoms with Gasteiger partial charge in [0.25, 0.3) is 0 Å². The zero-order chi connectivity index (χ0) is 17.5. The van der Waals surface area contributed by atoms with Crippen molar-refractivity contribution in [2.24, 2.45) is 0 Å². The largest absolute Gasteiger partial charge is 0.337 e. The van der Waals surface area contributed by atoms with Gasteiger partial charge in [-0.1, -0.05) is 35.9 Å². The van der Waals surface area contributed by atoms with Gasteiger partial charge in [0.1, 0.15) is 0 Å². The van der Waals surface area contributed by atoms with Gasteiger partial charge in [-0.2, -0.15) is 0 Å². The number of thioether (sulfide) groups is 1. The molecular weight excluding hydrogens is 416 g/mol. The lowest BCUT2D eigenvalue weighted by Gasteiger charge is -2.18. The molecule has 3 rings (SSSR count). The highest BCUT2D eigenvalue weighted by Gasteiger charge is 2.13. The van der Waals surface area contributed by atoms with Gasteiger partial charge in [-0.25, -0.2) is 4.98 Å². The Labute approximate surface area is 166 Å². The van der Waals surface area contributed by atoms with Gasteiger partial charge < -0.3 is 4.57 Å². The van der Waals surface area contributed by atoms with E-state index < -0.39 is 0 Å². The van der Waals surface area contributed by atoms with Gasteiger partial charge >= 0.3 is 0 Å². The van der Waals surface area contributed by atoms with E-state index in [0.717, 1.165) is 30.8 Å². The summed E-state index contributed by atoms with van der Waals surface area (Å²) in [6.07, 6.45) is 9.05. The monoisotopic (exact) mass is 434 g/mol. The highest BCUT2D eigenvalue weighted by molar-refractivity contribution is 9.10. The van der Waals surface area contributed by atoms with Crippen LogP contribution >= 0.6 is 39.3 Å². The molecule has 0 fully saturated rings. The summed E-state index contributed by atoms with van der Waals surface area (Å²) in [7, 11) is 0. The zero-order valence-corrected chi connectivity index (χ0v) is 17.0. The molecule has 0 saturated heterocycles. The summed E-state index contributed by atoms with van der Waals surface area (Å²) in [5, 5.41) is 1.33. The second kappa shape index (κ2) is 9.46. The van der Waals surface area contributed by atoms with Gasteiger partial charge in [-0.05, 0) is 65.0 Å². The smallest absolute Gasteiger partial charge is 0.0945 e. The second-order valence-corrected chi connectivity index (χ2v) is 8.56. The zero-order valence-electron chi connectivity index (χ0n) is 13.8. The molecule has 1 unspecified atom stereocenters. The van der Waals surface area contributed by atoms with Crippen LogP contribution in [-0.2, 0) is 13.0 Å². The first-order chi connectivity index (χ1) is 12.2. The molecule has 25 heavy (non-hydrogen) atoms. The molecule has 3 aromatic rings. The summed E-state index contributed by atoms with van der Waals surface area (Å²) in [5.41, 5.74) is 1.34. The van der Waals surface area contributed by atoms with Crippen molar-refractivity contribution in [2.75, 3.05) is 0 Å². The predicted octanol–water partition coefficient (Wildman–Crippen LogP) is 6.48. The lowest BCUT2D eigenvalue weighted by atomic mass is 10.1. The molecule has 130 valence electrons. The van der Waals surface area contributed by atoms with E-state index in [1.54, 1.807) is 0 Å². The Morgan fingerprint density at radius 2 is 1.88 bits per heavy atom. The average Bonchev–Trinajstić information content (AvgIpc) is 3.14. The molecule has 0 amide bonds. The van der Waals surface area contributed by atoms with E-state index in [1.807, 2.05) is 42.6 Å². The number of aryl methyl sites for hydroxylation is 2. The third-order valence-corrected chi connectivity index (χ3v) is 6.69. The van der Waals surface area contributed by atoms with Crippen LogP contribution in [0.3, 0.4) is 0 Å². The van der Waals surface area contributed by atoms with Crippen molar-refractivity contribution < 1.29 is 0 Å². The van der Waals surface area contributed by atoms with E-state index in [-0.39, 0.29) is 0 Å². The van der Waals surface area contributed by atoms with Crippen molar-refractivity contribution in [3.63, 3.8) is 0 Å². The fourth-order valence-electron chi connectivity index (χ4n) is 2.67. The molecule has 2 aromatic carbocycles. The minimum atomic E-state index is 0.539. The SMILES string of the molecule is Clc1ccc(CCC(CCn2ccnc2)Sc2ccccc2Br)cc1. The van der Waals surface area contributed by atoms with Gasteiger partial charge in [0, 0.05) is 38.6 Å². The van der Waals surface area contributed by atoms with Gasteiger partial charge in [-0.15, -0.1) is 11.8 Å². The maximum absolute atomic E-state index is 5.99. The van der Waals surface area contributed by atoms with Crippen LogP contribution in [-0.4, -0.2) is 14.8 Å². The molecule has 0 aliphatic rings. The average molecular weight is 436 g/mol. The molecule has 0 N–H and O–H groups in total. The highest BCUT2D eigenvalue weighted by Crippen LogP contribution is 2.34. The van der Waals surface area contributed by atoms with Gasteiger partial charge in [-0.3, -0.25) is 0 Å². The Balaban J connectivity index is 1.64. The van der Waals surface area contributed by atoms with Gasteiger partial charge in [0.2, 0.25) is 0 Å². The Hall–Kier alpha value is -1.23. The van der Waals surface area contributed by atoms with Crippen molar-refractivity contribution >= 4 is 39.3 Å². The summed E-state index contributed by atoms with van der Waals surface area (Å²) in [4.78, 5) is 5.44. The molecule has 0 bridgehead atoms. The van der Waals surface area contributed by atoms with Crippen molar-refractivity contribution in [3.8, 4) is 0 Å². The molecule has 1 heterocycles. The molecule has 0 aliphatic carbocycles. The number of imidazole rings is 1. The van der Waals surface area contributed by atoms with Crippen LogP contribution in [0.1, 0.15) is 18.4 Å². The Kier molecular flexibility index (Phi) is 7.02. The molecule has 2 nitrogen and oxygen atoms in total. The van der Waals surface area contributed by atoms with E-state index in [9.17, 15) is 0 Å². The van der Waals surface area contributed by atoms with Crippen LogP contribution in [0.2, 0.25) is 5.02 Å². The van der Waals surface area contributed by atoms with E-state index in [4.69, 9.17) is 11.6 Å². The maximum atomic E-state index is 5.99. The van der Waals surface area contributed by atoms with Crippen LogP contribution in [0, 0.1) is 0 Å². The minimum Gasteiger partial charge on any atom is -0.337 e. The van der Waals surface area contributed by atoms with Crippen LogP contribution in [0.15, 0.2) is 76.6 Å². The lowest BCUT2D eigenvalue weighted by molar-refractivity contribution is 0.598. The highest BCUT2D eigenvalue weighted by atomic mass is 79.9. The third-order valence-electron chi connectivity index (χ3n) is 4.07. The summed E-state index contributed by atoms with van der Waals surface area (Å²) in [6, 6.07) is 16.6. The number of rotatable bonds is 8. The van der Waals surface area contributed by atoms with Crippen LogP contribution < -0.4 is 0 Å². The molecule has 1 atom stereocenters. The number of hydrogen-bond acceptors (Lipinski definition) is 2. The quantitative estimate of drug-likeness (QED) is 0.377. The Morgan fingerprint density at radius 3 is 2.60 bits per heavy atom. The second-order valence-electron chi connectivity index (χ2n) is 5.92.